The summed E-state index contributed by atoms with van der Waals surface area (Å²) in [6.45, 7) is 6.96. The van der Waals surface area contributed by atoms with Crippen molar-refractivity contribution in [1.29, 1.82) is 0 Å². The van der Waals surface area contributed by atoms with Crippen molar-refractivity contribution in [2.75, 3.05) is 53.6 Å². The Morgan fingerprint density at radius 3 is 2.45 bits per heavy atom. The molecule has 0 aliphatic heterocycles. The minimum absolute atomic E-state index is 0.248. The number of carbonyl (C=O) groups is 1. The summed E-state index contributed by atoms with van der Waals surface area (Å²) in [5, 5.41) is 3.19. The van der Waals surface area contributed by atoms with Gasteiger partial charge in [0, 0.05) is 40.5 Å². The molecule has 120 valence electrons. The zero-order valence-electron chi connectivity index (χ0n) is 13.2. The van der Waals surface area contributed by atoms with Crippen molar-refractivity contribution in [3.63, 3.8) is 0 Å². The largest absolute Gasteiger partial charge is 0.385 e. The lowest BCUT2D eigenvalue weighted by atomic mass is 10.1. The fourth-order valence-corrected chi connectivity index (χ4v) is 1.96. The molecule has 0 spiro atoms. The second kappa shape index (κ2) is 13.3. The van der Waals surface area contributed by atoms with Gasteiger partial charge in [-0.1, -0.05) is 6.92 Å². The van der Waals surface area contributed by atoms with Crippen molar-refractivity contribution in [2.45, 2.75) is 32.2 Å². The van der Waals surface area contributed by atoms with Crippen molar-refractivity contribution in [1.82, 2.24) is 10.2 Å². The van der Waals surface area contributed by atoms with Crippen molar-refractivity contribution in [3.8, 4) is 0 Å². The SMILES string of the molecule is CCCNC(CCN(CCCOC)CCOC)C(N)=O. The molecule has 0 radical (unpaired) electrons. The number of ether oxygens (including phenoxy) is 2. The van der Waals surface area contributed by atoms with Crippen LogP contribution in [0.3, 0.4) is 0 Å². The van der Waals surface area contributed by atoms with E-state index in [2.05, 4.69) is 17.1 Å². The summed E-state index contributed by atoms with van der Waals surface area (Å²) in [5.74, 6) is -0.276. The molecule has 0 aliphatic carbocycles. The number of rotatable bonds is 14. The van der Waals surface area contributed by atoms with E-state index < -0.39 is 0 Å². The maximum Gasteiger partial charge on any atom is 0.234 e. The maximum absolute atomic E-state index is 11.4. The third-order valence-electron chi connectivity index (χ3n) is 3.15. The van der Waals surface area contributed by atoms with Crippen molar-refractivity contribution < 1.29 is 14.3 Å². The predicted molar refractivity (Wildman–Crippen MR) is 80.7 cm³/mol. The van der Waals surface area contributed by atoms with Crippen LogP contribution >= 0.6 is 0 Å². The average Bonchev–Trinajstić information content (AvgIpc) is 2.43. The van der Waals surface area contributed by atoms with Gasteiger partial charge in [-0.25, -0.2) is 0 Å². The molecule has 0 saturated heterocycles. The molecule has 0 aromatic rings. The maximum atomic E-state index is 11.4. The standard InChI is InChI=1S/C14H31N3O3/c1-4-7-16-13(14(15)18)6-9-17(10-12-20-3)8-5-11-19-2/h13,16H,4-12H2,1-3H3,(H2,15,18). The molecule has 0 aromatic heterocycles. The molecule has 0 bridgehead atoms. The van der Waals surface area contributed by atoms with Crippen LogP contribution in [0.1, 0.15) is 26.2 Å². The minimum Gasteiger partial charge on any atom is -0.385 e. The molecule has 1 unspecified atom stereocenters. The van der Waals surface area contributed by atoms with Crippen LogP contribution < -0.4 is 11.1 Å². The van der Waals surface area contributed by atoms with Gasteiger partial charge in [-0.05, 0) is 25.8 Å². The summed E-state index contributed by atoms with van der Waals surface area (Å²) in [6, 6.07) is -0.248. The lowest BCUT2D eigenvalue weighted by Crippen LogP contribution is -2.44. The van der Waals surface area contributed by atoms with Crippen LogP contribution in [0.15, 0.2) is 0 Å². The van der Waals surface area contributed by atoms with Crippen LogP contribution in [0.4, 0.5) is 0 Å². The van der Waals surface area contributed by atoms with E-state index in [9.17, 15) is 4.79 Å². The normalized spacial score (nSPS) is 12.8. The van der Waals surface area contributed by atoms with Crippen LogP contribution in [0.2, 0.25) is 0 Å². The first-order valence-corrected chi connectivity index (χ1v) is 7.38. The summed E-state index contributed by atoms with van der Waals surface area (Å²) in [7, 11) is 3.40. The van der Waals surface area contributed by atoms with E-state index in [0.29, 0.717) is 6.61 Å². The Morgan fingerprint density at radius 1 is 1.20 bits per heavy atom. The van der Waals surface area contributed by atoms with Gasteiger partial charge < -0.3 is 25.4 Å². The molecule has 0 aliphatic rings. The van der Waals surface area contributed by atoms with Crippen LogP contribution in [-0.2, 0) is 14.3 Å². The van der Waals surface area contributed by atoms with E-state index in [4.69, 9.17) is 15.2 Å². The van der Waals surface area contributed by atoms with Gasteiger partial charge in [0.2, 0.25) is 5.91 Å². The molecule has 0 rings (SSSR count). The van der Waals surface area contributed by atoms with Crippen molar-refractivity contribution in [2.24, 2.45) is 5.73 Å². The molecular weight excluding hydrogens is 258 g/mol. The Hall–Kier alpha value is -0.690. The Labute approximate surface area is 123 Å². The highest BCUT2D eigenvalue weighted by atomic mass is 16.5. The number of hydrogen-bond donors (Lipinski definition) is 2. The molecular formula is C14H31N3O3. The average molecular weight is 289 g/mol. The van der Waals surface area contributed by atoms with E-state index in [1.54, 1.807) is 14.2 Å². The number of methoxy groups -OCH3 is 2. The highest BCUT2D eigenvalue weighted by molar-refractivity contribution is 5.79. The zero-order valence-corrected chi connectivity index (χ0v) is 13.2. The Morgan fingerprint density at radius 2 is 1.90 bits per heavy atom. The van der Waals surface area contributed by atoms with E-state index in [0.717, 1.165) is 52.0 Å². The van der Waals surface area contributed by atoms with Gasteiger partial charge in [0.1, 0.15) is 0 Å². The molecule has 6 nitrogen and oxygen atoms in total. The number of carbonyl (C=O) groups excluding carboxylic acids is 1. The number of nitrogens with zero attached hydrogens (tertiary/aromatic N) is 1. The molecule has 0 fully saturated rings. The quantitative estimate of drug-likeness (QED) is 0.447. The Balaban J connectivity index is 4.13. The van der Waals surface area contributed by atoms with Gasteiger partial charge in [-0.2, -0.15) is 0 Å². The highest BCUT2D eigenvalue weighted by Gasteiger charge is 2.15. The van der Waals surface area contributed by atoms with Crippen LogP contribution in [0.25, 0.3) is 0 Å². The topological polar surface area (TPSA) is 76.8 Å². The van der Waals surface area contributed by atoms with Crippen molar-refractivity contribution in [3.05, 3.63) is 0 Å². The van der Waals surface area contributed by atoms with Gasteiger partial charge in [-0.3, -0.25) is 4.79 Å². The van der Waals surface area contributed by atoms with E-state index in [1.165, 1.54) is 0 Å². The molecule has 1 amide bonds. The van der Waals surface area contributed by atoms with E-state index in [-0.39, 0.29) is 11.9 Å². The summed E-state index contributed by atoms with van der Waals surface area (Å²) in [6.07, 6.45) is 2.70. The monoisotopic (exact) mass is 289 g/mol. The number of nitrogens with one attached hydrogen (secondary N) is 1. The number of hydrogen-bond acceptors (Lipinski definition) is 5. The fraction of sp³-hybridized carbons (Fsp3) is 0.929. The zero-order chi connectivity index (χ0) is 15.2. The smallest absolute Gasteiger partial charge is 0.234 e. The van der Waals surface area contributed by atoms with E-state index >= 15 is 0 Å². The predicted octanol–water partition coefficient (Wildman–Crippen LogP) is 0.215. The first-order chi connectivity index (χ1) is 9.65. The third-order valence-corrected chi connectivity index (χ3v) is 3.15. The lowest BCUT2D eigenvalue weighted by molar-refractivity contribution is -0.120. The molecule has 0 aromatic carbocycles. The summed E-state index contributed by atoms with van der Waals surface area (Å²) in [5.41, 5.74) is 5.42. The first-order valence-electron chi connectivity index (χ1n) is 7.38. The highest BCUT2D eigenvalue weighted by Crippen LogP contribution is 1.99. The van der Waals surface area contributed by atoms with Crippen molar-refractivity contribution >= 4 is 5.91 Å². The van der Waals surface area contributed by atoms with Gasteiger partial charge in [0.05, 0.1) is 12.6 Å². The third kappa shape index (κ3) is 10.1. The van der Waals surface area contributed by atoms with Crippen LogP contribution in [0, 0.1) is 0 Å². The second-order valence-electron chi connectivity index (χ2n) is 4.88. The van der Waals surface area contributed by atoms with E-state index in [1.807, 2.05) is 0 Å². The van der Waals surface area contributed by atoms with Crippen LogP contribution in [0.5, 0.6) is 0 Å². The van der Waals surface area contributed by atoms with Gasteiger partial charge >= 0.3 is 0 Å². The summed E-state index contributed by atoms with van der Waals surface area (Å²) < 4.78 is 10.2. The number of amides is 1. The van der Waals surface area contributed by atoms with Gasteiger partial charge in [-0.15, -0.1) is 0 Å². The molecule has 0 saturated carbocycles. The molecule has 6 heteroatoms. The molecule has 1 atom stereocenters. The van der Waals surface area contributed by atoms with Crippen LogP contribution in [-0.4, -0.2) is 70.5 Å². The lowest BCUT2D eigenvalue weighted by Gasteiger charge is -2.24. The summed E-state index contributed by atoms with van der Waals surface area (Å²) in [4.78, 5) is 13.7. The Bertz CT molecular complexity index is 240. The number of nitrogens with two attached hydrogens (primary N) is 1. The first kappa shape index (κ1) is 19.3. The molecule has 20 heavy (non-hydrogen) atoms. The van der Waals surface area contributed by atoms with Gasteiger partial charge in [0.25, 0.3) is 0 Å². The number of primary amides is 1. The molecule has 3 N–H and O–H groups in total. The summed E-state index contributed by atoms with van der Waals surface area (Å²) >= 11 is 0. The minimum atomic E-state index is -0.276. The second-order valence-corrected chi connectivity index (χ2v) is 4.88. The molecule has 0 heterocycles. The van der Waals surface area contributed by atoms with Gasteiger partial charge in [0.15, 0.2) is 0 Å². The fourth-order valence-electron chi connectivity index (χ4n) is 1.96. The Kier molecular flexibility index (Phi) is 12.8.